The van der Waals surface area contributed by atoms with E-state index in [-0.39, 0.29) is 0 Å². The first-order valence-electron chi connectivity index (χ1n) is 7.31. The van der Waals surface area contributed by atoms with Crippen LogP contribution in [0, 0.1) is 13.8 Å². The van der Waals surface area contributed by atoms with E-state index in [2.05, 4.69) is 51.7 Å². The van der Waals surface area contributed by atoms with Gasteiger partial charge in [-0.2, -0.15) is 0 Å². The molecule has 0 aliphatic carbocycles. The average Bonchev–Trinajstić information content (AvgIpc) is 3.07. The molecule has 0 aromatic carbocycles. The smallest absolute Gasteiger partial charge is 0.191 e. The average molecular weight is 338 g/mol. The van der Waals surface area contributed by atoms with Crippen LogP contribution in [0.4, 0.5) is 0 Å². The number of hydrogen-bond donors (Lipinski definition) is 2. The molecule has 2 aromatic heterocycles. The fraction of sp³-hybridized carbons (Fsp3) is 0.533. The molecule has 7 heteroatoms. The third-order valence-corrected chi connectivity index (χ3v) is 5.21. The van der Waals surface area contributed by atoms with E-state index in [4.69, 9.17) is 0 Å². The van der Waals surface area contributed by atoms with E-state index in [1.165, 1.54) is 4.88 Å². The Kier molecular flexibility index (Phi) is 5.90. The van der Waals surface area contributed by atoms with Crippen LogP contribution < -0.4 is 10.6 Å². The summed E-state index contributed by atoms with van der Waals surface area (Å²) in [7, 11) is 1.77. The van der Waals surface area contributed by atoms with Crippen molar-refractivity contribution in [2.45, 2.75) is 46.7 Å². The number of aryl methyl sites for hydroxylation is 2. The Morgan fingerprint density at radius 2 is 1.86 bits per heavy atom. The van der Waals surface area contributed by atoms with E-state index < -0.39 is 0 Å². The number of rotatable bonds is 5. The molecule has 0 aliphatic rings. The van der Waals surface area contributed by atoms with Crippen molar-refractivity contribution in [3.8, 4) is 0 Å². The highest BCUT2D eigenvalue weighted by Gasteiger charge is 2.07. The van der Waals surface area contributed by atoms with Crippen LogP contribution in [-0.4, -0.2) is 23.0 Å². The van der Waals surface area contributed by atoms with Crippen molar-refractivity contribution >= 4 is 28.6 Å². The Bertz CT molecular complexity index is 623. The number of guanidine groups is 1. The van der Waals surface area contributed by atoms with Gasteiger partial charge in [0.25, 0.3) is 0 Å². The van der Waals surface area contributed by atoms with E-state index in [0.717, 1.165) is 27.4 Å². The highest BCUT2D eigenvalue weighted by atomic mass is 32.1. The minimum absolute atomic E-state index is 0.471. The molecule has 0 aliphatic heterocycles. The van der Waals surface area contributed by atoms with Crippen molar-refractivity contribution in [2.75, 3.05) is 7.05 Å². The van der Waals surface area contributed by atoms with Crippen molar-refractivity contribution in [2.24, 2.45) is 4.99 Å². The number of hydrogen-bond acceptors (Lipinski definition) is 5. The third-order valence-electron chi connectivity index (χ3n) is 3.27. The van der Waals surface area contributed by atoms with Crippen LogP contribution in [0.2, 0.25) is 0 Å². The molecule has 120 valence electrons. The third kappa shape index (κ3) is 4.51. The quantitative estimate of drug-likeness (QED) is 0.650. The molecule has 0 saturated heterocycles. The van der Waals surface area contributed by atoms with Gasteiger partial charge in [-0.1, -0.05) is 13.8 Å². The molecule has 2 N–H and O–H groups in total. The molecular weight excluding hydrogens is 314 g/mol. The Morgan fingerprint density at radius 3 is 2.36 bits per heavy atom. The maximum Gasteiger partial charge on any atom is 0.191 e. The lowest BCUT2D eigenvalue weighted by atomic mass is 10.2. The molecule has 0 atom stereocenters. The van der Waals surface area contributed by atoms with Crippen LogP contribution in [0.25, 0.3) is 0 Å². The fourth-order valence-electron chi connectivity index (χ4n) is 1.83. The Balaban J connectivity index is 1.84. The fourth-order valence-corrected chi connectivity index (χ4v) is 3.59. The summed E-state index contributed by atoms with van der Waals surface area (Å²) >= 11 is 3.40. The maximum atomic E-state index is 4.61. The normalized spacial score (nSPS) is 12.0. The monoisotopic (exact) mass is 337 g/mol. The number of nitrogens with one attached hydrogen (secondary N) is 2. The molecular formula is C15H23N5S2. The summed E-state index contributed by atoms with van der Waals surface area (Å²) in [6.07, 6.45) is 0. The van der Waals surface area contributed by atoms with Gasteiger partial charge in [-0.15, -0.1) is 22.7 Å². The largest absolute Gasteiger partial charge is 0.350 e. The van der Waals surface area contributed by atoms with Gasteiger partial charge in [0.1, 0.15) is 10.0 Å². The number of aliphatic imine (C=N–C) groups is 1. The minimum Gasteiger partial charge on any atom is -0.350 e. The maximum absolute atomic E-state index is 4.61. The molecule has 0 spiro atoms. The Hall–Kier alpha value is -1.47. The van der Waals surface area contributed by atoms with E-state index in [1.807, 2.05) is 6.92 Å². The van der Waals surface area contributed by atoms with Crippen molar-refractivity contribution in [3.05, 3.63) is 31.7 Å². The zero-order valence-electron chi connectivity index (χ0n) is 13.7. The van der Waals surface area contributed by atoms with Crippen LogP contribution in [0.5, 0.6) is 0 Å². The van der Waals surface area contributed by atoms with Gasteiger partial charge in [-0.3, -0.25) is 4.99 Å². The molecule has 2 aromatic rings. The molecule has 22 heavy (non-hydrogen) atoms. The van der Waals surface area contributed by atoms with Gasteiger partial charge in [0, 0.05) is 17.3 Å². The van der Waals surface area contributed by atoms with Crippen LogP contribution in [0.1, 0.15) is 46.0 Å². The molecule has 0 saturated carbocycles. The van der Waals surface area contributed by atoms with Crippen LogP contribution in [0.3, 0.4) is 0 Å². The van der Waals surface area contributed by atoms with Gasteiger partial charge < -0.3 is 10.6 Å². The first-order valence-corrected chi connectivity index (χ1v) is 9.01. The second-order valence-corrected chi connectivity index (χ2v) is 7.58. The van der Waals surface area contributed by atoms with Crippen LogP contribution in [-0.2, 0) is 13.1 Å². The second-order valence-electron chi connectivity index (χ2n) is 5.35. The summed E-state index contributed by atoms with van der Waals surface area (Å²) in [6, 6.07) is 0. The topological polar surface area (TPSA) is 62.2 Å². The molecule has 0 unspecified atom stereocenters. The van der Waals surface area contributed by atoms with Gasteiger partial charge >= 0.3 is 0 Å². The van der Waals surface area contributed by atoms with Crippen LogP contribution in [0.15, 0.2) is 10.4 Å². The highest BCUT2D eigenvalue weighted by molar-refractivity contribution is 7.11. The molecule has 5 nitrogen and oxygen atoms in total. The van der Waals surface area contributed by atoms with Gasteiger partial charge in [-0.25, -0.2) is 9.97 Å². The standard InChI is InChI=1S/C15H23N5S2/c1-9(2)12-8-21-13(20-12)6-17-15(16-5)18-7-14-19-10(3)11(4)22-14/h8-9H,6-7H2,1-5H3,(H2,16,17,18). The number of thiazole rings is 2. The van der Waals surface area contributed by atoms with Crippen molar-refractivity contribution < 1.29 is 0 Å². The lowest BCUT2D eigenvalue weighted by Gasteiger charge is -2.09. The van der Waals surface area contributed by atoms with Gasteiger partial charge in [0.15, 0.2) is 5.96 Å². The molecule has 2 rings (SSSR count). The van der Waals surface area contributed by atoms with Crippen molar-refractivity contribution in [1.29, 1.82) is 0 Å². The predicted octanol–water partition coefficient (Wildman–Crippen LogP) is 3.21. The first-order chi connectivity index (χ1) is 10.5. The lowest BCUT2D eigenvalue weighted by molar-refractivity contribution is 0.782. The molecule has 0 radical (unpaired) electrons. The summed E-state index contributed by atoms with van der Waals surface area (Å²) in [6.45, 7) is 9.83. The summed E-state index contributed by atoms with van der Waals surface area (Å²) in [4.78, 5) is 14.6. The highest BCUT2D eigenvalue weighted by Crippen LogP contribution is 2.17. The SMILES string of the molecule is CN=C(NCc1nc(C(C)C)cs1)NCc1nc(C)c(C)s1. The molecule has 0 fully saturated rings. The summed E-state index contributed by atoms with van der Waals surface area (Å²) in [5.41, 5.74) is 2.26. The second kappa shape index (κ2) is 7.69. The van der Waals surface area contributed by atoms with Gasteiger partial charge in [-0.05, 0) is 19.8 Å². The Labute approximate surface area is 139 Å². The summed E-state index contributed by atoms with van der Waals surface area (Å²) < 4.78 is 0. The first kappa shape index (κ1) is 16.9. The molecule has 0 bridgehead atoms. The Morgan fingerprint density at radius 1 is 1.18 bits per heavy atom. The van der Waals surface area contributed by atoms with E-state index >= 15 is 0 Å². The summed E-state index contributed by atoms with van der Waals surface area (Å²) in [5.74, 6) is 1.24. The van der Waals surface area contributed by atoms with Gasteiger partial charge in [0.2, 0.25) is 0 Å². The molecule has 0 amide bonds. The minimum atomic E-state index is 0.471. The zero-order valence-corrected chi connectivity index (χ0v) is 15.4. The predicted molar refractivity (Wildman–Crippen MR) is 94.8 cm³/mol. The van der Waals surface area contributed by atoms with Crippen molar-refractivity contribution in [1.82, 2.24) is 20.6 Å². The lowest BCUT2D eigenvalue weighted by Crippen LogP contribution is -2.36. The van der Waals surface area contributed by atoms with Gasteiger partial charge in [0.05, 0.1) is 24.5 Å². The van der Waals surface area contributed by atoms with Crippen molar-refractivity contribution in [3.63, 3.8) is 0 Å². The van der Waals surface area contributed by atoms with Crippen LogP contribution >= 0.6 is 22.7 Å². The molecule has 2 heterocycles. The summed E-state index contributed by atoms with van der Waals surface area (Å²) in [5, 5.41) is 10.9. The number of aromatic nitrogens is 2. The number of nitrogens with zero attached hydrogens (tertiary/aromatic N) is 3. The van der Waals surface area contributed by atoms with E-state index in [0.29, 0.717) is 19.0 Å². The van der Waals surface area contributed by atoms with E-state index in [1.54, 1.807) is 29.7 Å². The van der Waals surface area contributed by atoms with E-state index in [9.17, 15) is 0 Å². The zero-order chi connectivity index (χ0) is 16.1.